The first-order chi connectivity index (χ1) is 8.70. The Morgan fingerprint density at radius 2 is 1.17 bits per heavy atom. The summed E-state index contributed by atoms with van der Waals surface area (Å²) in [4.78, 5) is 2.66. The molecule has 0 unspecified atom stereocenters. The normalized spacial score (nSPS) is 11.3. The minimum absolute atomic E-state index is 0.363. The Hall–Kier alpha value is -1.26. The average molecular weight is 278 g/mol. The molecule has 0 aliphatic heterocycles. The van der Waals surface area contributed by atoms with Gasteiger partial charge in [0.15, 0.2) is 0 Å². The molecule has 0 heterocycles. The minimum atomic E-state index is -0.363. The van der Waals surface area contributed by atoms with E-state index in [9.17, 15) is 0 Å². The highest BCUT2D eigenvalue weighted by atomic mass is 32.2. The molecule has 0 fully saturated rings. The molecule has 2 aromatic rings. The molecule has 0 aliphatic carbocycles. The van der Waals surface area contributed by atoms with Gasteiger partial charge in [0, 0.05) is 11.4 Å². The van der Waals surface area contributed by atoms with Crippen molar-refractivity contribution >= 4 is 34.9 Å². The summed E-state index contributed by atoms with van der Waals surface area (Å²) >= 11 is 4.37. The highest BCUT2D eigenvalue weighted by Crippen LogP contribution is 2.44. The van der Waals surface area contributed by atoms with Gasteiger partial charge in [-0.15, -0.1) is 0 Å². The molecule has 0 bridgehead atoms. The van der Waals surface area contributed by atoms with Crippen LogP contribution in [0.5, 0.6) is 0 Å². The number of rotatable bonds is 4. The number of hydrogen-bond acceptors (Lipinski definition) is 3. The summed E-state index contributed by atoms with van der Waals surface area (Å²) < 4.78 is 0. The van der Waals surface area contributed by atoms with Gasteiger partial charge in [-0.05, 0) is 69.8 Å². The molecule has 0 radical (unpaired) electrons. The van der Waals surface area contributed by atoms with Crippen molar-refractivity contribution in [3.63, 3.8) is 0 Å². The summed E-state index contributed by atoms with van der Waals surface area (Å²) in [6, 6.07) is 16.3. The molecule has 2 aromatic carbocycles. The molecule has 0 aromatic heterocycles. The maximum absolute atomic E-state index is 5.73. The summed E-state index contributed by atoms with van der Waals surface area (Å²) in [5.41, 5.74) is 13.1. The fourth-order valence-corrected chi connectivity index (χ4v) is 4.45. The van der Waals surface area contributed by atoms with Gasteiger partial charge < -0.3 is 11.5 Å². The molecule has 2 nitrogen and oxygen atoms in total. The van der Waals surface area contributed by atoms with Crippen LogP contribution in [0.25, 0.3) is 0 Å². The van der Waals surface area contributed by atoms with Crippen molar-refractivity contribution in [1.82, 2.24) is 0 Å². The van der Waals surface area contributed by atoms with Crippen molar-refractivity contribution in [1.29, 1.82) is 0 Å². The SMILES string of the molecule is Nc1ccc([SH](CCS)c2ccc(N)cc2)cc1. The second kappa shape index (κ2) is 6.07. The van der Waals surface area contributed by atoms with Crippen LogP contribution in [0.4, 0.5) is 11.4 Å². The van der Waals surface area contributed by atoms with E-state index in [2.05, 4.69) is 36.9 Å². The van der Waals surface area contributed by atoms with Crippen molar-refractivity contribution in [2.45, 2.75) is 9.79 Å². The molecule has 0 saturated carbocycles. The fraction of sp³-hybridized carbons (Fsp3) is 0.143. The van der Waals surface area contributed by atoms with Crippen molar-refractivity contribution in [2.24, 2.45) is 0 Å². The average Bonchev–Trinajstić information content (AvgIpc) is 2.39. The predicted molar refractivity (Wildman–Crippen MR) is 85.9 cm³/mol. The van der Waals surface area contributed by atoms with Gasteiger partial charge in [-0.1, -0.05) is 0 Å². The molecular weight excluding hydrogens is 260 g/mol. The maximum Gasteiger partial charge on any atom is 0.0314 e. The monoisotopic (exact) mass is 278 g/mol. The van der Waals surface area contributed by atoms with Gasteiger partial charge in [0.1, 0.15) is 0 Å². The summed E-state index contributed by atoms with van der Waals surface area (Å²) in [6.07, 6.45) is 0. The van der Waals surface area contributed by atoms with Crippen LogP contribution >= 0.6 is 23.5 Å². The highest BCUT2D eigenvalue weighted by Gasteiger charge is 2.08. The Morgan fingerprint density at radius 3 is 1.50 bits per heavy atom. The van der Waals surface area contributed by atoms with E-state index < -0.39 is 0 Å². The van der Waals surface area contributed by atoms with E-state index in [1.165, 1.54) is 9.79 Å². The molecule has 0 aliphatic rings. The second-order valence-corrected chi connectivity index (χ2v) is 6.84. The third kappa shape index (κ3) is 3.15. The van der Waals surface area contributed by atoms with Gasteiger partial charge in [0.05, 0.1) is 0 Å². The molecule has 0 atom stereocenters. The molecule has 0 saturated heterocycles. The van der Waals surface area contributed by atoms with Gasteiger partial charge in [0.25, 0.3) is 0 Å². The van der Waals surface area contributed by atoms with Crippen LogP contribution in [0.15, 0.2) is 58.3 Å². The van der Waals surface area contributed by atoms with Gasteiger partial charge in [-0.2, -0.15) is 23.5 Å². The van der Waals surface area contributed by atoms with E-state index in [1.807, 2.05) is 24.3 Å². The molecule has 2 rings (SSSR count). The first kappa shape index (κ1) is 13.2. The molecule has 4 N–H and O–H groups in total. The molecule has 0 amide bonds. The summed E-state index contributed by atoms with van der Waals surface area (Å²) in [5, 5.41) is 0. The fourth-order valence-electron chi connectivity index (χ4n) is 1.82. The maximum atomic E-state index is 5.73. The number of hydrogen-bond donors (Lipinski definition) is 4. The Bertz CT molecular complexity index is 449. The molecule has 18 heavy (non-hydrogen) atoms. The third-order valence-electron chi connectivity index (χ3n) is 2.73. The van der Waals surface area contributed by atoms with E-state index >= 15 is 0 Å². The van der Waals surface area contributed by atoms with Crippen LogP contribution in [0, 0.1) is 0 Å². The number of benzene rings is 2. The Labute approximate surface area is 116 Å². The number of thiol groups is 2. The third-order valence-corrected chi connectivity index (χ3v) is 5.82. The smallest absolute Gasteiger partial charge is 0.0314 e. The molecule has 0 spiro atoms. The largest absolute Gasteiger partial charge is 0.399 e. The van der Waals surface area contributed by atoms with E-state index in [0.717, 1.165) is 22.9 Å². The van der Waals surface area contributed by atoms with Crippen LogP contribution < -0.4 is 11.5 Å². The zero-order chi connectivity index (χ0) is 13.0. The number of nitrogen functional groups attached to an aromatic ring is 2. The lowest BCUT2D eigenvalue weighted by atomic mass is 10.3. The number of anilines is 2. The van der Waals surface area contributed by atoms with Crippen LogP contribution in [0.1, 0.15) is 0 Å². The standard InChI is InChI=1S/C14H18N2S2/c15-11-1-5-13(6-2-11)18(10-9-17)14-7-3-12(16)4-8-14/h1-8,17-18H,9-10,15-16H2. The summed E-state index contributed by atoms with van der Waals surface area (Å²) in [6.45, 7) is 0. The van der Waals surface area contributed by atoms with Crippen molar-refractivity contribution in [3.8, 4) is 0 Å². The van der Waals surface area contributed by atoms with Crippen LogP contribution in [0.2, 0.25) is 0 Å². The molecule has 4 heteroatoms. The van der Waals surface area contributed by atoms with Crippen molar-refractivity contribution in [2.75, 3.05) is 23.0 Å². The topological polar surface area (TPSA) is 52.0 Å². The van der Waals surface area contributed by atoms with Gasteiger partial charge in [0.2, 0.25) is 0 Å². The quantitative estimate of drug-likeness (QED) is 0.513. The lowest BCUT2D eigenvalue weighted by Gasteiger charge is -2.22. The first-order valence-corrected chi connectivity index (χ1v) is 7.96. The van der Waals surface area contributed by atoms with Crippen LogP contribution in [-0.4, -0.2) is 11.5 Å². The predicted octanol–water partition coefficient (Wildman–Crippen LogP) is 3.20. The molecular formula is C14H18N2S2. The van der Waals surface area contributed by atoms with Crippen molar-refractivity contribution < 1.29 is 0 Å². The Morgan fingerprint density at radius 1 is 0.778 bits per heavy atom. The Kier molecular flexibility index (Phi) is 4.44. The van der Waals surface area contributed by atoms with E-state index in [-0.39, 0.29) is 10.9 Å². The lowest BCUT2D eigenvalue weighted by molar-refractivity contribution is 1.35. The van der Waals surface area contributed by atoms with E-state index in [4.69, 9.17) is 11.5 Å². The van der Waals surface area contributed by atoms with Crippen LogP contribution in [0.3, 0.4) is 0 Å². The van der Waals surface area contributed by atoms with Gasteiger partial charge >= 0.3 is 0 Å². The van der Waals surface area contributed by atoms with Gasteiger partial charge in [-0.3, -0.25) is 0 Å². The first-order valence-electron chi connectivity index (χ1n) is 5.80. The second-order valence-electron chi connectivity index (χ2n) is 4.06. The van der Waals surface area contributed by atoms with Crippen LogP contribution in [-0.2, 0) is 0 Å². The Balaban J connectivity index is 2.33. The van der Waals surface area contributed by atoms with Gasteiger partial charge in [-0.25, -0.2) is 0 Å². The molecule has 96 valence electrons. The lowest BCUT2D eigenvalue weighted by Crippen LogP contribution is -1.95. The number of nitrogens with two attached hydrogens (primary N) is 2. The van der Waals surface area contributed by atoms with E-state index in [0.29, 0.717) is 0 Å². The minimum Gasteiger partial charge on any atom is -0.399 e. The zero-order valence-electron chi connectivity index (χ0n) is 10.1. The zero-order valence-corrected chi connectivity index (χ0v) is 11.9. The van der Waals surface area contributed by atoms with E-state index in [1.54, 1.807) is 0 Å². The highest BCUT2D eigenvalue weighted by molar-refractivity contribution is 8.17. The summed E-state index contributed by atoms with van der Waals surface area (Å²) in [7, 11) is -0.363. The summed E-state index contributed by atoms with van der Waals surface area (Å²) in [5.74, 6) is 1.94. The van der Waals surface area contributed by atoms with Crippen molar-refractivity contribution in [3.05, 3.63) is 48.5 Å².